The van der Waals surface area contributed by atoms with Gasteiger partial charge >= 0.3 is 0 Å². The summed E-state index contributed by atoms with van der Waals surface area (Å²) in [5.41, 5.74) is 1.42. The lowest BCUT2D eigenvalue weighted by Gasteiger charge is -2.58. The number of hydrogen-bond acceptors (Lipinski definition) is 23. The summed E-state index contributed by atoms with van der Waals surface area (Å²) in [6.45, 7) is 11.0. The van der Waals surface area contributed by atoms with Crippen LogP contribution in [0.2, 0.25) is 0 Å². The van der Waals surface area contributed by atoms with Crippen molar-refractivity contribution in [3.05, 3.63) is 11.6 Å². The lowest BCUT2D eigenvalue weighted by Crippen LogP contribution is -2.65. The van der Waals surface area contributed by atoms with Gasteiger partial charge in [0.05, 0.1) is 49.8 Å². The molecule has 32 unspecified atom stereocenters. The normalized spacial score (nSPS) is 53.7. The number of rotatable bonds is 16. The van der Waals surface area contributed by atoms with Crippen LogP contribution in [0.15, 0.2) is 11.6 Å². The maximum atomic E-state index is 11.3. The predicted molar refractivity (Wildman–Crippen MR) is 265 cm³/mol. The third-order valence-corrected chi connectivity index (χ3v) is 19.9. The van der Waals surface area contributed by atoms with Crippen LogP contribution in [0, 0.1) is 34.5 Å². The zero-order valence-electron chi connectivity index (χ0n) is 46.0. The van der Waals surface area contributed by atoms with Crippen molar-refractivity contribution in [1.82, 2.24) is 0 Å². The first kappa shape index (κ1) is 60.4. The zero-order chi connectivity index (χ0) is 55.6. The fourth-order valence-electron chi connectivity index (χ4n) is 15.4. The zero-order valence-corrected chi connectivity index (χ0v) is 46.0. The Labute approximate surface area is 451 Å². The quantitative estimate of drug-likeness (QED) is 0.0872. The van der Waals surface area contributed by atoms with E-state index >= 15 is 0 Å². The first-order valence-corrected chi connectivity index (χ1v) is 28.1. The minimum atomic E-state index is -1.81. The van der Waals surface area contributed by atoms with Gasteiger partial charge < -0.3 is 113 Å². The molecule has 0 amide bonds. The summed E-state index contributed by atoms with van der Waals surface area (Å²) in [5, 5.41) is 107. The van der Waals surface area contributed by atoms with Crippen LogP contribution in [0.4, 0.5) is 0 Å². The molecule has 8 fully saturated rings. The summed E-state index contributed by atoms with van der Waals surface area (Å²) in [4.78, 5) is 0. The molecule has 4 aliphatic carbocycles. The molecule has 5 saturated heterocycles. The van der Waals surface area contributed by atoms with E-state index in [1.807, 2.05) is 13.8 Å². The highest BCUT2D eigenvalue weighted by Crippen LogP contribution is 2.67. The Morgan fingerprint density at radius 2 is 1.21 bits per heavy atom. The molecule has 0 aromatic carbocycles. The van der Waals surface area contributed by atoms with Gasteiger partial charge in [0, 0.05) is 27.8 Å². The van der Waals surface area contributed by atoms with Crippen LogP contribution >= 0.6 is 0 Å². The van der Waals surface area contributed by atoms with Gasteiger partial charge in [-0.25, -0.2) is 0 Å². The molecule has 0 aromatic heterocycles. The molecule has 3 saturated carbocycles. The van der Waals surface area contributed by atoms with E-state index in [0.717, 1.165) is 51.4 Å². The first-order chi connectivity index (χ1) is 36.6. The summed E-state index contributed by atoms with van der Waals surface area (Å²) in [6, 6.07) is 0. The van der Waals surface area contributed by atoms with Crippen LogP contribution in [0.25, 0.3) is 0 Å². The lowest BCUT2D eigenvalue weighted by molar-refractivity contribution is -0.376. The second-order valence-electron chi connectivity index (χ2n) is 24.1. The van der Waals surface area contributed by atoms with Crippen LogP contribution in [0.3, 0.4) is 0 Å². The van der Waals surface area contributed by atoms with Crippen molar-refractivity contribution in [1.29, 1.82) is 0 Å². The van der Waals surface area contributed by atoms with Gasteiger partial charge in [-0.3, -0.25) is 0 Å². The predicted octanol–water partition coefficient (Wildman–Crippen LogP) is -0.498. The third-order valence-electron chi connectivity index (χ3n) is 19.9. The van der Waals surface area contributed by atoms with Crippen molar-refractivity contribution in [3.8, 4) is 0 Å². The average molecular weight is 1110 g/mol. The van der Waals surface area contributed by atoms with Crippen molar-refractivity contribution < 1.29 is 113 Å². The molecule has 444 valence electrons. The number of aliphatic hydroxyl groups is 10. The molecule has 0 bridgehead atoms. The molecule has 0 radical (unpaired) electrons. The van der Waals surface area contributed by atoms with E-state index in [2.05, 4.69) is 19.9 Å². The molecule has 10 N–H and O–H groups in total. The van der Waals surface area contributed by atoms with Crippen molar-refractivity contribution in [2.75, 3.05) is 34.5 Å². The number of allylic oxidation sites excluding steroid dienone is 1. The van der Waals surface area contributed by atoms with Gasteiger partial charge in [-0.15, -0.1) is 0 Å². The Hall–Kier alpha value is -1.18. The highest BCUT2D eigenvalue weighted by Gasteiger charge is 2.61. The summed E-state index contributed by atoms with van der Waals surface area (Å²) < 4.78 is 79.1. The first-order valence-electron chi connectivity index (χ1n) is 28.1. The molecule has 9 rings (SSSR count). The Bertz CT molecular complexity index is 1950. The number of methoxy groups -OCH3 is 3. The monoisotopic (exact) mass is 1110 g/mol. The van der Waals surface area contributed by atoms with E-state index < -0.39 is 161 Å². The van der Waals surface area contributed by atoms with Crippen LogP contribution in [-0.2, 0) is 61.6 Å². The molecular weight excluding hydrogens is 1020 g/mol. The highest BCUT2D eigenvalue weighted by molar-refractivity contribution is 5.25. The molecule has 5 aliphatic heterocycles. The molecule has 0 spiro atoms. The van der Waals surface area contributed by atoms with E-state index in [0.29, 0.717) is 24.2 Å². The Balaban J connectivity index is 0.819. The van der Waals surface area contributed by atoms with Gasteiger partial charge in [0.2, 0.25) is 0 Å². The van der Waals surface area contributed by atoms with Gasteiger partial charge in [0.1, 0.15) is 91.6 Å². The van der Waals surface area contributed by atoms with E-state index in [9.17, 15) is 51.1 Å². The second-order valence-corrected chi connectivity index (χ2v) is 24.1. The molecule has 77 heavy (non-hydrogen) atoms. The minimum absolute atomic E-state index is 0.0255. The topological polar surface area (TPSA) is 322 Å². The van der Waals surface area contributed by atoms with E-state index in [1.54, 1.807) is 21.0 Å². The van der Waals surface area contributed by atoms with Crippen molar-refractivity contribution in [3.63, 3.8) is 0 Å². The van der Waals surface area contributed by atoms with Crippen LogP contribution < -0.4 is 0 Å². The maximum Gasteiger partial charge on any atom is 0.187 e. The molecule has 5 heterocycles. The van der Waals surface area contributed by atoms with Gasteiger partial charge in [-0.05, 0) is 114 Å². The van der Waals surface area contributed by atoms with Gasteiger partial charge in [0.15, 0.2) is 31.5 Å². The van der Waals surface area contributed by atoms with Crippen LogP contribution in [-0.4, -0.2) is 245 Å². The van der Waals surface area contributed by atoms with Crippen LogP contribution in [0.5, 0.6) is 0 Å². The van der Waals surface area contributed by atoms with E-state index in [-0.39, 0.29) is 29.0 Å². The number of hydrogen-bond donors (Lipinski definition) is 10. The van der Waals surface area contributed by atoms with Crippen molar-refractivity contribution in [2.24, 2.45) is 34.5 Å². The fourth-order valence-corrected chi connectivity index (χ4v) is 15.4. The number of ether oxygens (including phenoxy) is 13. The Morgan fingerprint density at radius 3 is 1.88 bits per heavy atom. The highest BCUT2D eigenvalue weighted by atomic mass is 16.8. The standard InChI is InChI=1S/C54H90O23/c1-22(70-52-48(47(67-9)37(57)24(3)72-52)77-50-43(63)41(61)39(59)34(75-50)21-68-49-42(62)40(60)38(58)33(20-55)74-49)29-12-13-30-28-11-10-26-18-27(14-16-53(26,5)31(28)15-17-54(29,30)6)73-35-19-32(65-7)45(25(4)69-35)76-51-44(64)46(66-8)36(56)23(2)71-51/h10,22-25,27-52,55-64H,11-21H2,1-9H3. The second kappa shape index (κ2) is 24.6. The molecular formula is C54H90O23. The smallest absolute Gasteiger partial charge is 0.187 e. The van der Waals surface area contributed by atoms with Gasteiger partial charge in [0.25, 0.3) is 0 Å². The SMILES string of the molecule is COC1CC(OC2CCC3(C)C(=CCC4C3CCC3(C)C(C(C)OC5OC(C)C(O)C(OC)C5OC5OC(COC6OC(CO)C(O)C(O)C6O)C(O)C(O)C5O)CCC43)C2)OC(C)C1OC1OC(C)C(O)C(OC)C1O. The summed E-state index contributed by atoms with van der Waals surface area (Å²) >= 11 is 0. The molecule has 23 heteroatoms. The fraction of sp³-hybridized carbons (Fsp3) is 0.963. The third kappa shape index (κ3) is 11.5. The van der Waals surface area contributed by atoms with E-state index in [1.165, 1.54) is 19.8 Å². The molecule has 32 atom stereocenters. The van der Waals surface area contributed by atoms with Crippen molar-refractivity contribution in [2.45, 2.75) is 259 Å². The number of aliphatic hydroxyl groups excluding tert-OH is 10. The van der Waals surface area contributed by atoms with Gasteiger partial charge in [-0.1, -0.05) is 25.5 Å². The summed E-state index contributed by atoms with van der Waals surface area (Å²) in [6.07, 6.45) is -17.9. The summed E-state index contributed by atoms with van der Waals surface area (Å²) in [7, 11) is 4.47. The average Bonchev–Trinajstić information content (AvgIpc) is 3.86. The molecule has 23 nitrogen and oxygen atoms in total. The van der Waals surface area contributed by atoms with Crippen molar-refractivity contribution >= 4 is 0 Å². The van der Waals surface area contributed by atoms with Crippen LogP contribution in [0.1, 0.15) is 99.3 Å². The lowest BCUT2D eigenvalue weighted by atomic mass is 9.47. The van der Waals surface area contributed by atoms with Gasteiger partial charge in [-0.2, -0.15) is 0 Å². The van der Waals surface area contributed by atoms with E-state index in [4.69, 9.17) is 61.6 Å². The molecule has 9 aliphatic rings. The molecule has 0 aromatic rings. The number of fused-ring (bicyclic) bond motifs is 5. The maximum absolute atomic E-state index is 11.3. The largest absolute Gasteiger partial charge is 0.394 e. The Morgan fingerprint density at radius 1 is 0.584 bits per heavy atom. The Kier molecular flexibility index (Phi) is 19.3. The summed E-state index contributed by atoms with van der Waals surface area (Å²) in [5.74, 6) is 1.57. The minimum Gasteiger partial charge on any atom is -0.394 e.